The minimum Gasteiger partial charge on any atom is -0.457 e. The maximum Gasteiger partial charge on any atom is 0.134 e. The highest BCUT2D eigenvalue weighted by Crippen LogP contribution is 2.24. The number of nitrogens with two attached hydrogens (primary N) is 1. The maximum absolute atomic E-state index is 5.82. The largest absolute Gasteiger partial charge is 0.457 e. The number of benzene rings is 1. The second-order valence-electron chi connectivity index (χ2n) is 3.35. The van der Waals surface area contributed by atoms with Gasteiger partial charge in [-0.1, -0.05) is 17.7 Å². The van der Waals surface area contributed by atoms with Crippen molar-refractivity contribution < 1.29 is 4.42 Å². The molecule has 0 fully saturated rings. The molecule has 0 bridgehead atoms. The van der Waals surface area contributed by atoms with Gasteiger partial charge in [-0.25, -0.2) is 0 Å². The van der Waals surface area contributed by atoms with E-state index in [1.807, 2.05) is 48.6 Å². The lowest BCUT2D eigenvalue weighted by Gasteiger charge is -1.96. The number of furan rings is 1. The summed E-state index contributed by atoms with van der Waals surface area (Å²) in [4.78, 5) is 0. The molecule has 2 rings (SSSR count). The molecule has 2 aromatic rings. The monoisotopic (exact) mass is 233 g/mol. The van der Waals surface area contributed by atoms with E-state index in [-0.39, 0.29) is 0 Å². The highest BCUT2D eigenvalue weighted by molar-refractivity contribution is 6.30. The van der Waals surface area contributed by atoms with Crippen LogP contribution in [0.5, 0.6) is 0 Å². The third kappa shape index (κ3) is 2.54. The van der Waals surface area contributed by atoms with E-state index in [0.29, 0.717) is 6.54 Å². The van der Waals surface area contributed by atoms with Crippen LogP contribution in [0.25, 0.3) is 17.4 Å². The Hall–Kier alpha value is -1.51. The topological polar surface area (TPSA) is 39.2 Å². The van der Waals surface area contributed by atoms with E-state index >= 15 is 0 Å². The molecule has 1 aromatic carbocycles. The minimum absolute atomic E-state index is 0.511. The Balaban J connectivity index is 2.24. The zero-order valence-corrected chi connectivity index (χ0v) is 9.45. The predicted octanol–water partition coefficient (Wildman–Crippen LogP) is 3.57. The summed E-state index contributed by atoms with van der Waals surface area (Å²) in [5, 5.41) is 0.721. The van der Waals surface area contributed by atoms with Gasteiger partial charge in [0.1, 0.15) is 11.5 Å². The molecule has 3 heteroatoms. The van der Waals surface area contributed by atoms with E-state index in [1.165, 1.54) is 0 Å². The van der Waals surface area contributed by atoms with Gasteiger partial charge in [-0.05, 0) is 42.5 Å². The number of hydrogen-bond acceptors (Lipinski definition) is 2. The van der Waals surface area contributed by atoms with Gasteiger partial charge in [0, 0.05) is 17.1 Å². The molecule has 16 heavy (non-hydrogen) atoms. The highest BCUT2D eigenvalue weighted by atomic mass is 35.5. The fourth-order valence-electron chi connectivity index (χ4n) is 1.40. The normalized spacial score (nSPS) is 11.1. The summed E-state index contributed by atoms with van der Waals surface area (Å²) in [7, 11) is 0. The Kier molecular flexibility index (Phi) is 3.44. The molecule has 0 saturated heterocycles. The lowest BCUT2D eigenvalue weighted by atomic mass is 10.2. The van der Waals surface area contributed by atoms with Crippen molar-refractivity contribution in [2.45, 2.75) is 0 Å². The summed E-state index contributed by atoms with van der Waals surface area (Å²) in [6, 6.07) is 11.4. The van der Waals surface area contributed by atoms with Gasteiger partial charge in [0.05, 0.1) is 0 Å². The summed E-state index contributed by atoms with van der Waals surface area (Å²) in [6.45, 7) is 0.511. The Morgan fingerprint density at radius 3 is 2.56 bits per heavy atom. The van der Waals surface area contributed by atoms with E-state index < -0.39 is 0 Å². The van der Waals surface area contributed by atoms with E-state index in [4.69, 9.17) is 21.8 Å². The Bertz CT molecular complexity index is 485. The van der Waals surface area contributed by atoms with E-state index in [2.05, 4.69) is 0 Å². The van der Waals surface area contributed by atoms with Gasteiger partial charge < -0.3 is 10.2 Å². The van der Waals surface area contributed by atoms with E-state index in [0.717, 1.165) is 22.1 Å². The molecule has 0 atom stereocenters. The summed E-state index contributed by atoms with van der Waals surface area (Å²) < 4.78 is 5.63. The van der Waals surface area contributed by atoms with Crippen molar-refractivity contribution in [3.05, 3.63) is 53.3 Å². The second-order valence-corrected chi connectivity index (χ2v) is 3.78. The smallest absolute Gasteiger partial charge is 0.134 e. The van der Waals surface area contributed by atoms with Crippen LogP contribution < -0.4 is 5.73 Å². The van der Waals surface area contributed by atoms with Crippen molar-refractivity contribution in [1.82, 2.24) is 0 Å². The Labute approximate surface area is 99.3 Å². The van der Waals surface area contributed by atoms with Gasteiger partial charge in [0.2, 0.25) is 0 Å². The summed E-state index contributed by atoms with van der Waals surface area (Å²) >= 11 is 5.82. The van der Waals surface area contributed by atoms with Crippen LogP contribution in [-0.2, 0) is 0 Å². The summed E-state index contributed by atoms with van der Waals surface area (Å²) in [5.74, 6) is 1.63. The molecule has 2 nitrogen and oxygen atoms in total. The molecule has 0 radical (unpaired) electrons. The third-order valence-corrected chi connectivity index (χ3v) is 2.43. The molecule has 0 spiro atoms. The van der Waals surface area contributed by atoms with Gasteiger partial charge in [-0.2, -0.15) is 0 Å². The average molecular weight is 234 g/mol. The SMILES string of the molecule is NCC=Cc1ccc(-c2ccc(Cl)cc2)o1. The van der Waals surface area contributed by atoms with Crippen LogP contribution in [0, 0.1) is 0 Å². The van der Waals surface area contributed by atoms with Crippen molar-refractivity contribution in [1.29, 1.82) is 0 Å². The number of halogens is 1. The van der Waals surface area contributed by atoms with Gasteiger partial charge in [-0.3, -0.25) is 0 Å². The van der Waals surface area contributed by atoms with Crippen molar-refractivity contribution in [3.8, 4) is 11.3 Å². The molecular weight excluding hydrogens is 222 g/mol. The standard InChI is InChI=1S/C13H12ClNO/c14-11-5-3-10(4-6-11)13-8-7-12(16-13)2-1-9-15/h1-8H,9,15H2. The molecule has 0 saturated carbocycles. The number of hydrogen-bond donors (Lipinski definition) is 1. The molecule has 1 aromatic heterocycles. The second kappa shape index (κ2) is 5.01. The number of rotatable bonds is 3. The van der Waals surface area contributed by atoms with Gasteiger partial charge in [0.15, 0.2) is 0 Å². The zero-order valence-electron chi connectivity index (χ0n) is 8.69. The molecular formula is C13H12ClNO. The maximum atomic E-state index is 5.82. The van der Waals surface area contributed by atoms with Gasteiger partial charge in [0.25, 0.3) is 0 Å². The fourth-order valence-corrected chi connectivity index (χ4v) is 1.52. The molecule has 82 valence electrons. The molecule has 0 aliphatic carbocycles. The first kappa shape index (κ1) is 11.0. The summed E-state index contributed by atoms with van der Waals surface area (Å²) in [5.41, 5.74) is 6.38. The first-order chi connectivity index (χ1) is 7.79. The third-order valence-electron chi connectivity index (χ3n) is 2.17. The molecule has 0 unspecified atom stereocenters. The quantitative estimate of drug-likeness (QED) is 0.880. The van der Waals surface area contributed by atoms with Crippen LogP contribution in [0.15, 0.2) is 46.9 Å². The molecule has 0 amide bonds. The minimum atomic E-state index is 0.511. The summed E-state index contributed by atoms with van der Waals surface area (Å²) in [6.07, 6.45) is 3.71. The van der Waals surface area contributed by atoms with Crippen molar-refractivity contribution >= 4 is 17.7 Å². The van der Waals surface area contributed by atoms with Crippen LogP contribution in [0.3, 0.4) is 0 Å². The Morgan fingerprint density at radius 2 is 1.88 bits per heavy atom. The van der Waals surface area contributed by atoms with E-state index in [9.17, 15) is 0 Å². The van der Waals surface area contributed by atoms with Gasteiger partial charge >= 0.3 is 0 Å². The van der Waals surface area contributed by atoms with Crippen molar-refractivity contribution in [3.63, 3.8) is 0 Å². The van der Waals surface area contributed by atoms with E-state index in [1.54, 1.807) is 0 Å². The first-order valence-corrected chi connectivity index (χ1v) is 5.40. The van der Waals surface area contributed by atoms with Gasteiger partial charge in [-0.15, -0.1) is 0 Å². The van der Waals surface area contributed by atoms with Crippen LogP contribution in [0.4, 0.5) is 0 Å². The molecule has 0 aliphatic rings. The van der Waals surface area contributed by atoms with Crippen LogP contribution in [-0.4, -0.2) is 6.54 Å². The zero-order chi connectivity index (χ0) is 11.4. The molecule has 0 aliphatic heterocycles. The molecule has 1 heterocycles. The average Bonchev–Trinajstić information content (AvgIpc) is 2.76. The highest BCUT2D eigenvalue weighted by Gasteiger charge is 2.02. The first-order valence-electron chi connectivity index (χ1n) is 5.02. The van der Waals surface area contributed by atoms with Crippen molar-refractivity contribution in [2.24, 2.45) is 5.73 Å². The van der Waals surface area contributed by atoms with Crippen LogP contribution in [0.2, 0.25) is 5.02 Å². The van der Waals surface area contributed by atoms with Crippen molar-refractivity contribution in [2.75, 3.05) is 6.54 Å². The van der Waals surface area contributed by atoms with Crippen LogP contribution in [0.1, 0.15) is 5.76 Å². The lowest BCUT2D eigenvalue weighted by Crippen LogP contribution is -1.91. The fraction of sp³-hybridized carbons (Fsp3) is 0.0769. The predicted molar refractivity (Wildman–Crippen MR) is 67.2 cm³/mol. The molecule has 2 N–H and O–H groups in total. The van der Waals surface area contributed by atoms with Crippen LogP contribution >= 0.6 is 11.6 Å². The Morgan fingerprint density at radius 1 is 1.12 bits per heavy atom. The lowest BCUT2D eigenvalue weighted by molar-refractivity contribution is 0.571.